The fourth-order valence-corrected chi connectivity index (χ4v) is 2.42. The van der Waals surface area contributed by atoms with Crippen LogP contribution in [0.25, 0.3) is 0 Å². The Morgan fingerprint density at radius 1 is 1.14 bits per heavy atom. The molecule has 2 rings (SSSR count). The standard InChI is InChI=1S/C14H9BrF3NOS/c15-11-6-5-8(7-10(11)14(16,17)18)19-13(20)9-3-1-2-4-12(9)21/h1-7,21H,(H,19,20). The van der Waals surface area contributed by atoms with Gasteiger partial charge in [-0.3, -0.25) is 4.79 Å². The van der Waals surface area contributed by atoms with Crippen molar-refractivity contribution >= 4 is 40.2 Å². The van der Waals surface area contributed by atoms with Crippen molar-refractivity contribution in [3.63, 3.8) is 0 Å². The zero-order chi connectivity index (χ0) is 15.6. The highest BCUT2D eigenvalue weighted by Crippen LogP contribution is 2.36. The second kappa shape index (κ2) is 6.11. The van der Waals surface area contributed by atoms with Crippen molar-refractivity contribution < 1.29 is 18.0 Å². The van der Waals surface area contributed by atoms with E-state index in [9.17, 15) is 18.0 Å². The molecule has 7 heteroatoms. The van der Waals surface area contributed by atoms with Crippen molar-refractivity contribution in [2.45, 2.75) is 11.1 Å². The predicted molar refractivity (Wildman–Crippen MR) is 80.8 cm³/mol. The monoisotopic (exact) mass is 375 g/mol. The van der Waals surface area contributed by atoms with E-state index in [2.05, 4.69) is 33.9 Å². The van der Waals surface area contributed by atoms with Crippen LogP contribution in [0.15, 0.2) is 51.8 Å². The predicted octanol–water partition coefficient (Wildman–Crippen LogP) is 5.01. The topological polar surface area (TPSA) is 29.1 Å². The van der Waals surface area contributed by atoms with Crippen LogP contribution < -0.4 is 5.32 Å². The second-order valence-electron chi connectivity index (χ2n) is 4.16. The molecule has 0 bridgehead atoms. The number of anilines is 1. The maximum atomic E-state index is 12.8. The molecule has 110 valence electrons. The number of thiol groups is 1. The van der Waals surface area contributed by atoms with Gasteiger partial charge in [0.2, 0.25) is 0 Å². The van der Waals surface area contributed by atoms with Gasteiger partial charge in [0.05, 0.1) is 11.1 Å². The SMILES string of the molecule is O=C(Nc1ccc(Br)c(C(F)(F)F)c1)c1ccccc1S. The van der Waals surface area contributed by atoms with Crippen LogP contribution in [-0.4, -0.2) is 5.91 Å². The van der Waals surface area contributed by atoms with E-state index in [0.29, 0.717) is 4.90 Å². The number of nitrogens with one attached hydrogen (secondary N) is 1. The van der Waals surface area contributed by atoms with Crippen LogP contribution >= 0.6 is 28.6 Å². The van der Waals surface area contributed by atoms with Crippen LogP contribution in [0.1, 0.15) is 15.9 Å². The minimum Gasteiger partial charge on any atom is -0.322 e. The van der Waals surface area contributed by atoms with Crippen LogP contribution in [0.3, 0.4) is 0 Å². The minimum absolute atomic E-state index is 0.0621. The summed E-state index contributed by atoms with van der Waals surface area (Å²) in [5, 5.41) is 2.43. The van der Waals surface area contributed by atoms with E-state index in [1.165, 1.54) is 12.1 Å². The van der Waals surface area contributed by atoms with Gasteiger partial charge >= 0.3 is 6.18 Å². The van der Waals surface area contributed by atoms with Gasteiger partial charge in [-0.25, -0.2) is 0 Å². The third-order valence-corrected chi connectivity index (χ3v) is 3.76. The van der Waals surface area contributed by atoms with Crippen LogP contribution in [0, 0.1) is 0 Å². The van der Waals surface area contributed by atoms with Crippen molar-refractivity contribution in [3.8, 4) is 0 Å². The Balaban J connectivity index is 2.29. The van der Waals surface area contributed by atoms with Gasteiger partial charge in [-0.05, 0) is 30.3 Å². The molecule has 0 saturated heterocycles. The highest BCUT2D eigenvalue weighted by atomic mass is 79.9. The summed E-state index contributed by atoms with van der Waals surface area (Å²) in [7, 11) is 0. The van der Waals surface area contributed by atoms with E-state index in [0.717, 1.165) is 6.07 Å². The quantitative estimate of drug-likeness (QED) is 0.709. The van der Waals surface area contributed by atoms with Crippen LogP contribution in [0.2, 0.25) is 0 Å². The number of carbonyl (C=O) groups is 1. The highest BCUT2D eigenvalue weighted by molar-refractivity contribution is 9.10. The van der Waals surface area contributed by atoms with Crippen molar-refractivity contribution in [2.24, 2.45) is 0 Å². The molecule has 2 aromatic carbocycles. The number of carbonyl (C=O) groups excluding carboxylic acids is 1. The smallest absolute Gasteiger partial charge is 0.322 e. The summed E-state index contributed by atoms with van der Waals surface area (Å²) < 4.78 is 38.3. The normalized spacial score (nSPS) is 11.3. The average Bonchev–Trinajstić information content (AvgIpc) is 2.40. The fourth-order valence-electron chi connectivity index (χ4n) is 1.68. The lowest BCUT2D eigenvalue weighted by Gasteiger charge is -2.12. The van der Waals surface area contributed by atoms with E-state index in [-0.39, 0.29) is 15.7 Å². The number of rotatable bonds is 2. The third kappa shape index (κ3) is 3.79. The first-order chi connectivity index (χ1) is 9.79. The van der Waals surface area contributed by atoms with Gasteiger partial charge in [-0.15, -0.1) is 12.6 Å². The first-order valence-electron chi connectivity index (χ1n) is 5.75. The molecule has 0 saturated carbocycles. The molecule has 2 nitrogen and oxygen atoms in total. The Hall–Kier alpha value is -1.47. The summed E-state index contributed by atoms with van der Waals surface area (Å²) in [5.74, 6) is -0.518. The number of amides is 1. The van der Waals surface area contributed by atoms with Crippen molar-refractivity contribution in [1.82, 2.24) is 0 Å². The van der Waals surface area contributed by atoms with Gasteiger partial charge < -0.3 is 5.32 Å². The molecule has 21 heavy (non-hydrogen) atoms. The van der Waals surface area contributed by atoms with E-state index >= 15 is 0 Å². The maximum Gasteiger partial charge on any atom is 0.417 e. The molecular weight excluding hydrogens is 367 g/mol. The zero-order valence-corrected chi connectivity index (χ0v) is 12.9. The molecule has 0 aromatic heterocycles. The minimum atomic E-state index is -4.50. The number of hydrogen-bond donors (Lipinski definition) is 2. The molecular formula is C14H9BrF3NOS. The lowest BCUT2D eigenvalue weighted by atomic mass is 10.1. The first kappa shape index (κ1) is 15.9. The molecule has 0 heterocycles. The molecule has 1 N–H and O–H groups in total. The molecule has 0 aliphatic carbocycles. The Labute approximate surface area is 132 Å². The molecule has 2 aromatic rings. The number of alkyl halides is 3. The molecule has 0 fully saturated rings. The van der Waals surface area contributed by atoms with E-state index in [1.54, 1.807) is 24.3 Å². The van der Waals surface area contributed by atoms with Gasteiger partial charge in [-0.2, -0.15) is 13.2 Å². The van der Waals surface area contributed by atoms with E-state index < -0.39 is 17.6 Å². The van der Waals surface area contributed by atoms with E-state index in [4.69, 9.17) is 0 Å². The summed E-state index contributed by atoms with van der Waals surface area (Å²) in [6.07, 6.45) is -4.50. The van der Waals surface area contributed by atoms with Gasteiger partial charge in [0.1, 0.15) is 0 Å². The summed E-state index contributed by atoms with van der Waals surface area (Å²) in [6, 6.07) is 10.0. The number of hydrogen-bond acceptors (Lipinski definition) is 2. The summed E-state index contributed by atoms with van der Waals surface area (Å²) in [4.78, 5) is 12.5. The van der Waals surface area contributed by atoms with Gasteiger partial charge in [0.15, 0.2) is 0 Å². The van der Waals surface area contributed by atoms with Gasteiger partial charge in [0, 0.05) is 15.1 Å². The molecule has 1 amide bonds. The number of halogens is 4. The molecule has 0 radical (unpaired) electrons. The lowest BCUT2D eigenvalue weighted by molar-refractivity contribution is -0.138. The number of benzene rings is 2. The lowest BCUT2D eigenvalue weighted by Crippen LogP contribution is -2.14. The van der Waals surface area contributed by atoms with Crippen LogP contribution in [0.4, 0.5) is 18.9 Å². The molecule has 0 aliphatic rings. The molecule has 0 unspecified atom stereocenters. The Morgan fingerprint density at radius 3 is 2.43 bits per heavy atom. The van der Waals surface area contributed by atoms with Crippen LogP contribution in [0.5, 0.6) is 0 Å². The van der Waals surface area contributed by atoms with Crippen molar-refractivity contribution in [2.75, 3.05) is 5.32 Å². The van der Waals surface area contributed by atoms with Crippen molar-refractivity contribution in [1.29, 1.82) is 0 Å². The average molecular weight is 376 g/mol. The van der Waals surface area contributed by atoms with Gasteiger partial charge in [0.25, 0.3) is 5.91 Å². The summed E-state index contributed by atoms with van der Waals surface area (Å²) in [6.45, 7) is 0. The third-order valence-electron chi connectivity index (χ3n) is 2.68. The summed E-state index contributed by atoms with van der Waals surface area (Å²) >= 11 is 6.98. The van der Waals surface area contributed by atoms with Crippen LogP contribution in [-0.2, 0) is 6.18 Å². The Morgan fingerprint density at radius 2 is 1.81 bits per heavy atom. The maximum absolute atomic E-state index is 12.8. The highest BCUT2D eigenvalue weighted by Gasteiger charge is 2.33. The molecule has 0 aliphatic heterocycles. The van der Waals surface area contributed by atoms with E-state index in [1.807, 2.05) is 0 Å². The molecule has 0 atom stereocenters. The molecule has 0 spiro atoms. The largest absolute Gasteiger partial charge is 0.417 e. The summed E-state index contributed by atoms with van der Waals surface area (Å²) in [5.41, 5.74) is -0.496. The Kier molecular flexibility index (Phi) is 4.63. The van der Waals surface area contributed by atoms with Crippen molar-refractivity contribution in [3.05, 3.63) is 58.1 Å². The Bertz CT molecular complexity index is 688. The first-order valence-corrected chi connectivity index (χ1v) is 6.99. The zero-order valence-electron chi connectivity index (χ0n) is 10.4. The fraction of sp³-hybridized carbons (Fsp3) is 0.0714. The van der Waals surface area contributed by atoms with Gasteiger partial charge in [-0.1, -0.05) is 28.1 Å². The second-order valence-corrected chi connectivity index (χ2v) is 5.50.